The van der Waals surface area contributed by atoms with Gasteiger partial charge in [-0.25, -0.2) is 13.1 Å². The molecular formula is C13H28N2O4S. The highest BCUT2D eigenvalue weighted by Crippen LogP contribution is 2.18. The number of nitrogens with one attached hydrogen (secondary N) is 2. The highest BCUT2D eigenvalue weighted by atomic mass is 32.2. The lowest BCUT2D eigenvalue weighted by Gasteiger charge is -2.14. The Morgan fingerprint density at radius 2 is 1.95 bits per heavy atom. The Bertz CT molecular complexity index is 344. The van der Waals surface area contributed by atoms with E-state index >= 15 is 0 Å². The fraction of sp³-hybridized carbons (Fsp3) is 1.00. The maximum atomic E-state index is 11.9. The van der Waals surface area contributed by atoms with Gasteiger partial charge in [0.2, 0.25) is 10.0 Å². The highest BCUT2D eigenvalue weighted by molar-refractivity contribution is 7.90. The van der Waals surface area contributed by atoms with E-state index in [0.29, 0.717) is 39.0 Å². The number of unbranched alkanes of at least 4 members (excludes halogenated alkanes) is 1. The molecule has 2 N–H and O–H groups in total. The third kappa shape index (κ3) is 8.16. The fourth-order valence-corrected chi connectivity index (χ4v) is 2.69. The minimum absolute atomic E-state index is 0.388. The van der Waals surface area contributed by atoms with E-state index in [1.807, 2.05) is 0 Å². The first-order valence-electron chi connectivity index (χ1n) is 7.35. The van der Waals surface area contributed by atoms with E-state index in [1.54, 1.807) is 14.0 Å². The van der Waals surface area contributed by atoms with Crippen molar-refractivity contribution in [3.8, 4) is 0 Å². The van der Waals surface area contributed by atoms with Crippen molar-refractivity contribution in [2.24, 2.45) is 0 Å². The van der Waals surface area contributed by atoms with Gasteiger partial charge in [0, 0.05) is 32.8 Å². The lowest BCUT2D eigenvalue weighted by Crippen LogP contribution is -2.39. The number of methoxy groups -OCH3 is 1. The molecule has 0 amide bonds. The summed E-state index contributed by atoms with van der Waals surface area (Å²) in [4.78, 5) is 0. The molecule has 1 atom stereocenters. The predicted molar refractivity (Wildman–Crippen MR) is 79.3 cm³/mol. The van der Waals surface area contributed by atoms with Crippen molar-refractivity contribution < 1.29 is 17.9 Å². The van der Waals surface area contributed by atoms with Gasteiger partial charge >= 0.3 is 0 Å². The minimum Gasteiger partial charge on any atom is -0.382 e. The fourth-order valence-electron chi connectivity index (χ4n) is 1.66. The molecular weight excluding hydrogens is 280 g/mol. The van der Waals surface area contributed by atoms with Gasteiger partial charge in [0.1, 0.15) is 0 Å². The summed E-state index contributed by atoms with van der Waals surface area (Å²) < 4.78 is 36.7. The standard InChI is InChI=1S/C13H28N2O4S/c1-12(11-14-13-5-6-13)20(16,17)15-7-3-4-8-19-10-9-18-2/h12-15H,3-11H2,1-2H3. The summed E-state index contributed by atoms with van der Waals surface area (Å²) in [6.45, 7) is 4.57. The van der Waals surface area contributed by atoms with Gasteiger partial charge in [0.05, 0.1) is 18.5 Å². The molecule has 6 nitrogen and oxygen atoms in total. The molecule has 7 heteroatoms. The Kier molecular flexibility index (Phi) is 8.63. The molecule has 1 saturated carbocycles. The van der Waals surface area contributed by atoms with Crippen LogP contribution in [0.15, 0.2) is 0 Å². The number of hydrogen-bond donors (Lipinski definition) is 2. The molecule has 1 aliphatic carbocycles. The molecule has 1 unspecified atom stereocenters. The van der Waals surface area contributed by atoms with Crippen molar-refractivity contribution >= 4 is 10.0 Å². The summed E-state index contributed by atoms with van der Waals surface area (Å²) in [5, 5.41) is 2.85. The number of ether oxygens (including phenoxy) is 2. The molecule has 0 bridgehead atoms. The first-order valence-corrected chi connectivity index (χ1v) is 8.89. The molecule has 20 heavy (non-hydrogen) atoms. The molecule has 0 aromatic heterocycles. The Morgan fingerprint density at radius 3 is 2.60 bits per heavy atom. The van der Waals surface area contributed by atoms with E-state index in [9.17, 15) is 8.42 Å². The van der Waals surface area contributed by atoms with Gasteiger partial charge in [-0.2, -0.15) is 0 Å². The molecule has 120 valence electrons. The van der Waals surface area contributed by atoms with E-state index in [4.69, 9.17) is 9.47 Å². The van der Waals surface area contributed by atoms with Crippen LogP contribution in [0.25, 0.3) is 0 Å². The number of rotatable bonds is 13. The lowest BCUT2D eigenvalue weighted by molar-refractivity contribution is 0.0689. The van der Waals surface area contributed by atoms with Gasteiger partial charge in [-0.1, -0.05) is 0 Å². The van der Waals surface area contributed by atoms with Crippen LogP contribution in [0.5, 0.6) is 0 Å². The molecule has 0 radical (unpaired) electrons. The predicted octanol–water partition coefficient (Wildman–Crippen LogP) is 0.490. The zero-order valence-corrected chi connectivity index (χ0v) is 13.4. The molecule has 0 aromatic carbocycles. The smallest absolute Gasteiger partial charge is 0.215 e. The van der Waals surface area contributed by atoms with Gasteiger partial charge < -0.3 is 14.8 Å². The van der Waals surface area contributed by atoms with Crippen molar-refractivity contribution in [1.29, 1.82) is 0 Å². The molecule has 0 heterocycles. The van der Waals surface area contributed by atoms with Crippen molar-refractivity contribution in [2.75, 3.05) is 40.0 Å². The SMILES string of the molecule is COCCOCCCCNS(=O)(=O)C(C)CNC1CC1. The zero-order chi connectivity index (χ0) is 14.8. The molecule has 0 aliphatic heterocycles. The minimum atomic E-state index is -3.20. The van der Waals surface area contributed by atoms with Crippen LogP contribution in [0, 0.1) is 0 Å². The van der Waals surface area contributed by atoms with Crippen LogP contribution in [0.1, 0.15) is 32.6 Å². The van der Waals surface area contributed by atoms with Crippen molar-refractivity contribution in [3.63, 3.8) is 0 Å². The van der Waals surface area contributed by atoms with Crippen LogP contribution in [0.3, 0.4) is 0 Å². The summed E-state index contributed by atoms with van der Waals surface area (Å²) in [6.07, 6.45) is 3.97. The summed E-state index contributed by atoms with van der Waals surface area (Å²) in [7, 11) is -1.57. The van der Waals surface area contributed by atoms with Crippen LogP contribution < -0.4 is 10.0 Å². The maximum absolute atomic E-state index is 11.9. The Hall–Kier alpha value is -0.210. The van der Waals surface area contributed by atoms with E-state index in [-0.39, 0.29) is 5.25 Å². The topological polar surface area (TPSA) is 76.7 Å². The third-order valence-electron chi connectivity index (χ3n) is 3.25. The molecule has 1 aliphatic rings. The van der Waals surface area contributed by atoms with Crippen LogP contribution in [0.4, 0.5) is 0 Å². The molecule has 0 spiro atoms. The van der Waals surface area contributed by atoms with Crippen molar-refractivity contribution in [1.82, 2.24) is 10.0 Å². The number of sulfonamides is 1. The lowest BCUT2D eigenvalue weighted by atomic mass is 10.3. The van der Waals surface area contributed by atoms with Crippen molar-refractivity contribution in [2.45, 2.75) is 43.9 Å². The molecule has 1 fully saturated rings. The van der Waals surface area contributed by atoms with Gasteiger partial charge in [-0.15, -0.1) is 0 Å². The average molecular weight is 308 g/mol. The second kappa shape index (κ2) is 9.68. The quantitative estimate of drug-likeness (QED) is 0.484. The van der Waals surface area contributed by atoms with Gasteiger partial charge in [-0.3, -0.25) is 0 Å². The monoisotopic (exact) mass is 308 g/mol. The van der Waals surface area contributed by atoms with Gasteiger partial charge in [-0.05, 0) is 32.6 Å². The molecule has 0 saturated heterocycles. The summed E-state index contributed by atoms with van der Waals surface area (Å²) in [5.74, 6) is 0. The van der Waals surface area contributed by atoms with Gasteiger partial charge in [0.15, 0.2) is 0 Å². The summed E-state index contributed by atoms with van der Waals surface area (Å²) in [6, 6.07) is 0.539. The number of hydrogen-bond acceptors (Lipinski definition) is 5. The third-order valence-corrected chi connectivity index (χ3v) is 5.08. The maximum Gasteiger partial charge on any atom is 0.215 e. The first kappa shape index (κ1) is 17.8. The average Bonchev–Trinajstić information content (AvgIpc) is 3.23. The van der Waals surface area contributed by atoms with E-state index in [0.717, 1.165) is 12.8 Å². The highest BCUT2D eigenvalue weighted by Gasteiger charge is 2.25. The van der Waals surface area contributed by atoms with Gasteiger partial charge in [0.25, 0.3) is 0 Å². The second-order valence-corrected chi connectivity index (χ2v) is 7.43. The molecule has 1 rings (SSSR count). The van der Waals surface area contributed by atoms with Crippen LogP contribution in [-0.2, 0) is 19.5 Å². The normalized spacial score (nSPS) is 17.3. The largest absolute Gasteiger partial charge is 0.382 e. The summed E-state index contributed by atoms with van der Waals surface area (Å²) in [5.41, 5.74) is 0. The Labute approximate surface area is 122 Å². The van der Waals surface area contributed by atoms with Crippen LogP contribution >= 0.6 is 0 Å². The Morgan fingerprint density at radius 1 is 1.20 bits per heavy atom. The van der Waals surface area contributed by atoms with Crippen molar-refractivity contribution in [3.05, 3.63) is 0 Å². The first-order chi connectivity index (χ1) is 9.56. The Balaban J connectivity index is 2.00. The van der Waals surface area contributed by atoms with E-state index < -0.39 is 10.0 Å². The van der Waals surface area contributed by atoms with Crippen LogP contribution in [0.2, 0.25) is 0 Å². The molecule has 0 aromatic rings. The summed E-state index contributed by atoms with van der Waals surface area (Å²) >= 11 is 0. The van der Waals surface area contributed by atoms with Crippen LogP contribution in [-0.4, -0.2) is 59.7 Å². The zero-order valence-electron chi connectivity index (χ0n) is 12.6. The second-order valence-electron chi connectivity index (χ2n) is 5.24. The van der Waals surface area contributed by atoms with E-state index in [2.05, 4.69) is 10.0 Å². The van der Waals surface area contributed by atoms with E-state index in [1.165, 1.54) is 12.8 Å².